The highest BCUT2D eigenvalue weighted by molar-refractivity contribution is 7.90. The van der Waals surface area contributed by atoms with Crippen LogP contribution in [0.1, 0.15) is 13.3 Å². The Morgan fingerprint density at radius 1 is 1.69 bits per heavy atom. The van der Waals surface area contributed by atoms with Crippen LogP contribution in [0.5, 0.6) is 0 Å². The summed E-state index contributed by atoms with van der Waals surface area (Å²) in [6.45, 7) is 1.68. The molecule has 0 aromatic heterocycles. The van der Waals surface area contributed by atoms with Crippen molar-refractivity contribution in [2.45, 2.75) is 18.9 Å². The minimum Gasteiger partial charge on any atom is -0.321 e. The van der Waals surface area contributed by atoms with E-state index >= 15 is 0 Å². The van der Waals surface area contributed by atoms with Crippen LogP contribution in [-0.4, -0.2) is 18.5 Å². The maximum atomic E-state index is 10.7. The number of hydrogen-bond donors (Lipinski definition) is 2. The summed E-state index contributed by atoms with van der Waals surface area (Å²) in [5.41, 5.74) is 4.97. The molecule has 0 aromatic carbocycles. The molecule has 3 N–H and O–H groups in total. The molecule has 0 spiro atoms. The number of allylic oxidation sites excluding steroid dienone is 1. The minimum atomic E-state index is -4.16. The van der Waals surface area contributed by atoms with Gasteiger partial charge in [0.2, 0.25) is 0 Å². The zero-order valence-electron chi connectivity index (χ0n) is 6.99. The summed E-state index contributed by atoms with van der Waals surface area (Å²) >= 11 is 5.73. The van der Waals surface area contributed by atoms with Gasteiger partial charge in [-0.15, -0.1) is 0 Å². The predicted octanol–water partition coefficient (Wildman–Crippen LogP) is 1.00. The van der Waals surface area contributed by atoms with E-state index in [4.69, 9.17) is 21.9 Å². The minimum absolute atomic E-state index is 0.194. The Kier molecular flexibility index (Phi) is 2.55. The van der Waals surface area contributed by atoms with E-state index in [0.717, 1.165) is 0 Å². The maximum Gasteiger partial charge on any atom is 0.294 e. The van der Waals surface area contributed by atoms with Crippen LogP contribution < -0.4 is 5.73 Å². The summed E-state index contributed by atoms with van der Waals surface area (Å²) < 4.78 is 30.1. The topological polar surface area (TPSA) is 80.4 Å². The van der Waals surface area contributed by atoms with Crippen LogP contribution in [0.15, 0.2) is 22.1 Å². The average Bonchev–Trinajstić information content (AvgIpc) is 1.92. The van der Waals surface area contributed by atoms with Crippen LogP contribution in [-0.2, 0) is 10.1 Å². The number of rotatable bonds is 1. The number of halogens is 1. The number of nitrogens with two attached hydrogens (primary N) is 1. The fourth-order valence-corrected chi connectivity index (χ4v) is 1.76. The van der Waals surface area contributed by atoms with Gasteiger partial charge in [-0.05, 0) is 19.4 Å². The van der Waals surface area contributed by atoms with Crippen LogP contribution in [0.2, 0.25) is 0 Å². The second-order valence-corrected chi connectivity index (χ2v) is 5.02. The standard InChI is InChI=1S/C7H10ClNO3S/c1-7(9)3-2-5(4-6(7)8)13(10,11)12/h2,4H,3,9H2,1H3,(H,10,11,12). The van der Waals surface area contributed by atoms with E-state index in [-0.39, 0.29) is 16.4 Å². The van der Waals surface area contributed by atoms with E-state index in [1.165, 1.54) is 12.2 Å². The van der Waals surface area contributed by atoms with E-state index in [1.807, 2.05) is 0 Å². The third-order valence-electron chi connectivity index (χ3n) is 1.84. The van der Waals surface area contributed by atoms with E-state index < -0.39 is 15.7 Å². The molecule has 0 aliphatic heterocycles. The second kappa shape index (κ2) is 3.09. The molecule has 0 fully saturated rings. The van der Waals surface area contributed by atoms with Crippen molar-refractivity contribution in [3.05, 3.63) is 22.1 Å². The first-order valence-electron chi connectivity index (χ1n) is 3.58. The van der Waals surface area contributed by atoms with Crippen LogP contribution in [0.3, 0.4) is 0 Å². The summed E-state index contributed by atoms with van der Waals surface area (Å²) in [6.07, 6.45) is 2.80. The molecule has 6 heteroatoms. The van der Waals surface area contributed by atoms with Crippen molar-refractivity contribution in [2.75, 3.05) is 0 Å². The lowest BCUT2D eigenvalue weighted by Gasteiger charge is -2.25. The summed E-state index contributed by atoms with van der Waals surface area (Å²) in [5.74, 6) is 0. The highest BCUT2D eigenvalue weighted by Crippen LogP contribution is 2.29. The van der Waals surface area contributed by atoms with Gasteiger partial charge in [0.25, 0.3) is 10.1 Å². The largest absolute Gasteiger partial charge is 0.321 e. The third kappa shape index (κ3) is 2.31. The van der Waals surface area contributed by atoms with Crippen LogP contribution >= 0.6 is 11.6 Å². The molecule has 0 amide bonds. The van der Waals surface area contributed by atoms with Crippen molar-refractivity contribution in [2.24, 2.45) is 5.73 Å². The Morgan fingerprint density at radius 2 is 2.23 bits per heavy atom. The van der Waals surface area contributed by atoms with E-state index in [0.29, 0.717) is 0 Å². The highest BCUT2D eigenvalue weighted by atomic mass is 35.5. The molecule has 1 aliphatic carbocycles. The van der Waals surface area contributed by atoms with Crippen LogP contribution in [0.25, 0.3) is 0 Å². The van der Waals surface area contributed by atoms with Gasteiger partial charge in [-0.3, -0.25) is 4.55 Å². The summed E-state index contributed by atoms with van der Waals surface area (Å²) in [7, 11) is -4.16. The van der Waals surface area contributed by atoms with Gasteiger partial charge in [0.1, 0.15) is 0 Å². The van der Waals surface area contributed by atoms with E-state index in [2.05, 4.69) is 0 Å². The first-order chi connectivity index (χ1) is 5.73. The molecule has 74 valence electrons. The van der Waals surface area contributed by atoms with Gasteiger partial charge in [0.15, 0.2) is 0 Å². The average molecular weight is 224 g/mol. The van der Waals surface area contributed by atoms with Crippen LogP contribution in [0.4, 0.5) is 0 Å². The first kappa shape index (κ1) is 10.7. The molecule has 0 bridgehead atoms. The fraction of sp³-hybridized carbons (Fsp3) is 0.429. The first-order valence-corrected chi connectivity index (χ1v) is 5.39. The van der Waals surface area contributed by atoms with Gasteiger partial charge in [0.05, 0.1) is 10.4 Å². The van der Waals surface area contributed by atoms with E-state index in [1.54, 1.807) is 6.92 Å². The van der Waals surface area contributed by atoms with Crippen molar-refractivity contribution in [3.8, 4) is 0 Å². The van der Waals surface area contributed by atoms with Gasteiger partial charge < -0.3 is 5.73 Å². The van der Waals surface area contributed by atoms with Gasteiger partial charge >= 0.3 is 0 Å². The Labute approximate surface area is 81.8 Å². The lowest BCUT2D eigenvalue weighted by atomic mass is 9.95. The van der Waals surface area contributed by atoms with Gasteiger partial charge in [-0.2, -0.15) is 8.42 Å². The summed E-state index contributed by atoms with van der Waals surface area (Å²) in [5, 5.41) is 0.225. The molecule has 4 nitrogen and oxygen atoms in total. The molecule has 0 saturated carbocycles. The third-order valence-corrected chi connectivity index (χ3v) is 3.26. The molecule has 1 aliphatic rings. The van der Waals surface area contributed by atoms with Crippen molar-refractivity contribution < 1.29 is 13.0 Å². The zero-order valence-corrected chi connectivity index (χ0v) is 8.56. The van der Waals surface area contributed by atoms with E-state index in [9.17, 15) is 8.42 Å². The smallest absolute Gasteiger partial charge is 0.294 e. The van der Waals surface area contributed by atoms with Crippen molar-refractivity contribution in [1.82, 2.24) is 0 Å². The molecule has 1 unspecified atom stereocenters. The van der Waals surface area contributed by atoms with Crippen molar-refractivity contribution in [3.63, 3.8) is 0 Å². The highest BCUT2D eigenvalue weighted by Gasteiger charge is 2.28. The van der Waals surface area contributed by atoms with Crippen molar-refractivity contribution in [1.29, 1.82) is 0 Å². The molecule has 0 radical (unpaired) electrons. The predicted molar refractivity (Wildman–Crippen MR) is 50.8 cm³/mol. The lowest BCUT2D eigenvalue weighted by molar-refractivity contribution is 0.490. The Hall–Kier alpha value is -0.360. The normalized spacial score (nSPS) is 29.5. The molecule has 13 heavy (non-hydrogen) atoms. The Bertz CT molecular complexity index is 381. The lowest BCUT2D eigenvalue weighted by Crippen LogP contribution is -2.37. The summed E-state index contributed by atoms with van der Waals surface area (Å²) in [6, 6.07) is 0. The summed E-state index contributed by atoms with van der Waals surface area (Å²) in [4.78, 5) is -0.194. The van der Waals surface area contributed by atoms with Gasteiger partial charge in [0, 0.05) is 5.03 Å². The molecular weight excluding hydrogens is 214 g/mol. The number of hydrogen-bond acceptors (Lipinski definition) is 3. The van der Waals surface area contributed by atoms with Crippen molar-refractivity contribution >= 4 is 21.7 Å². The molecule has 0 aromatic rings. The van der Waals surface area contributed by atoms with Gasteiger partial charge in [-0.25, -0.2) is 0 Å². The maximum absolute atomic E-state index is 10.7. The molecule has 1 atom stereocenters. The fourth-order valence-electron chi connectivity index (χ4n) is 0.939. The van der Waals surface area contributed by atoms with Crippen LogP contribution in [0, 0.1) is 0 Å². The zero-order chi connectivity index (χ0) is 10.3. The Balaban J connectivity index is 3.09. The molecular formula is C7H10ClNO3S. The molecule has 1 rings (SSSR count). The SMILES string of the molecule is CC1(N)CC=C(S(=O)(=O)O)C=C1Cl. The molecule has 0 heterocycles. The van der Waals surface area contributed by atoms with Gasteiger partial charge in [-0.1, -0.05) is 17.7 Å². The second-order valence-electron chi connectivity index (χ2n) is 3.20. The monoisotopic (exact) mass is 223 g/mol. The molecule has 0 saturated heterocycles. The quantitative estimate of drug-likeness (QED) is 0.650. The Morgan fingerprint density at radius 3 is 2.62 bits per heavy atom.